The molecule has 0 aliphatic carbocycles. The third-order valence-corrected chi connectivity index (χ3v) is 3.98. The average Bonchev–Trinajstić information content (AvgIpc) is 2.68. The van der Waals surface area contributed by atoms with Crippen LogP contribution in [-0.4, -0.2) is 42.9 Å². The highest BCUT2D eigenvalue weighted by Gasteiger charge is 2.23. The first kappa shape index (κ1) is 11.1. The van der Waals surface area contributed by atoms with Crippen molar-refractivity contribution in [2.45, 2.75) is 13.0 Å². The molecule has 2 heterocycles. The molecule has 1 aromatic heterocycles. The SMILES string of the molecule is Cc1ccsc1C(CO)N1CCOCC1. The number of hydrogen-bond acceptors (Lipinski definition) is 4. The first-order valence-corrected chi connectivity index (χ1v) is 6.17. The maximum absolute atomic E-state index is 9.50. The van der Waals surface area contributed by atoms with Crippen LogP contribution in [0.2, 0.25) is 0 Å². The number of aliphatic hydroxyl groups is 1. The lowest BCUT2D eigenvalue weighted by Gasteiger charge is -2.33. The monoisotopic (exact) mass is 227 g/mol. The number of rotatable bonds is 3. The van der Waals surface area contributed by atoms with Gasteiger partial charge in [0.15, 0.2) is 0 Å². The summed E-state index contributed by atoms with van der Waals surface area (Å²) in [5, 5.41) is 11.6. The summed E-state index contributed by atoms with van der Waals surface area (Å²) in [7, 11) is 0. The summed E-state index contributed by atoms with van der Waals surface area (Å²) >= 11 is 1.73. The van der Waals surface area contributed by atoms with Gasteiger partial charge in [0.05, 0.1) is 25.9 Å². The highest BCUT2D eigenvalue weighted by molar-refractivity contribution is 7.10. The van der Waals surface area contributed by atoms with Gasteiger partial charge in [-0.05, 0) is 23.9 Å². The molecule has 0 saturated carbocycles. The molecule has 3 nitrogen and oxygen atoms in total. The molecule has 1 aliphatic heterocycles. The first-order valence-electron chi connectivity index (χ1n) is 5.29. The Bertz CT molecular complexity index is 307. The van der Waals surface area contributed by atoms with Crippen LogP contribution in [0.25, 0.3) is 0 Å². The van der Waals surface area contributed by atoms with Crippen molar-refractivity contribution < 1.29 is 9.84 Å². The van der Waals surface area contributed by atoms with Crippen LogP contribution >= 0.6 is 11.3 Å². The van der Waals surface area contributed by atoms with Crippen molar-refractivity contribution in [3.05, 3.63) is 21.9 Å². The molecule has 1 aromatic rings. The maximum atomic E-state index is 9.50. The Kier molecular flexibility index (Phi) is 3.75. The van der Waals surface area contributed by atoms with Crippen LogP contribution in [0.5, 0.6) is 0 Å². The van der Waals surface area contributed by atoms with Gasteiger partial charge in [-0.2, -0.15) is 0 Å². The van der Waals surface area contributed by atoms with E-state index >= 15 is 0 Å². The van der Waals surface area contributed by atoms with Gasteiger partial charge in [0, 0.05) is 18.0 Å². The maximum Gasteiger partial charge on any atom is 0.0679 e. The average molecular weight is 227 g/mol. The number of nitrogens with zero attached hydrogens (tertiary/aromatic N) is 1. The van der Waals surface area contributed by atoms with Crippen molar-refractivity contribution in [3.8, 4) is 0 Å². The predicted octanol–water partition coefficient (Wildman–Crippen LogP) is 1.42. The Hall–Kier alpha value is -0.420. The quantitative estimate of drug-likeness (QED) is 0.847. The lowest BCUT2D eigenvalue weighted by molar-refractivity contribution is 0.00334. The molecule has 84 valence electrons. The summed E-state index contributed by atoms with van der Waals surface area (Å²) < 4.78 is 5.32. The number of ether oxygens (including phenoxy) is 1. The van der Waals surface area contributed by atoms with Gasteiger partial charge in [-0.1, -0.05) is 0 Å². The molecule has 1 fully saturated rings. The fourth-order valence-electron chi connectivity index (χ4n) is 1.98. The number of morpholine rings is 1. The van der Waals surface area contributed by atoms with E-state index in [1.807, 2.05) is 0 Å². The number of hydrogen-bond donors (Lipinski definition) is 1. The molecular formula is C11H17NO2S. The van der Waals surface area contributed by atoms with Crippen molar-refractivity contribution in [1.29, 1.82) is 0 Å². The molecule has 0 amide bonds. The molecule has 0 radical (unpaired) electrons. The van der Waals surface area contributed by atoms with Crippen LogP contribution < -0.4 is 0 Å². The largest absolute Gasteiger partial charge is 0.394 e. The van der Waals surface area contributed by atoms with E-state index in [0.29, 0.717) is 0 Å². The summed E-state index contributed by atoms with van der Waals surface area (Å²) in [6.07, 6.45) is 0. The second kappa shape index (κ2) is 5.07. The smallest absolute Gasteiger partial charge is 0.0679 e. The molecule has 4 heteroatoms. The van der Waals surface area contributed by atoms with Crippen LogP contribution in [0.15, 0.2) is 11.4 Å². The zero-order valence-electron chi connectivity index (χ0n) is 8.98. The normalized spacial score (nSPS) is 20.4. The summed E-state index contributed by atoms with van der Waals surface area (Å²) in [4.78, 5) is 3.60. The Balaban J connectivity index is 2.12. The second-order valence-corrected chi connectivity index (χ2v) is 4.76. The minimum absolute atomic E-state index is 0.161. The van der Waals surface area contributed by atoms with Crippen LogP contribution in [0, 0.1) is 6.92 Å². The van der Waals surface area contributed by atoms with E-state index in [0.717, 1.165) is 26.3 Å². The molecule has 1 N–H and O–H groups in total. The van der Waals surface area contributed by atoms with Gasteiger partial charge in [-0.3, -0.25) is 4.90 Å². The zero-order valence-corrected chi connectivity index (χ0v) is 9.80. The molecular weight excluding hydrogens is 210 g/mol. The van der Waals surface area contributed by atoms with Gasteiger partial charge in [-0.15, -0.1) is 11.3 Å². The molecule has 2 rings (SSSR count). The third-order valence-electron chi connectivity index (χ3n) is 2.86. The van der Waals surface area contributed by atoms with Gasteiger partial charge >= 0.3 is 0 Å². The molecule has 1 saturated heterocycles. The molecule has 0 spiro atoms. The molecule has 0 aromatic carbocycles. The summed E-state index contributed by atoms with van der Waals surface area (Å²) in [6.45, 7) is 5.70. The molecule has 1 unspecified atom stereocenters. The van der Waals surface area contributed by atoms with Crippen molar-refractivity contribution in [2.75, 3.05) is 32.9 Å². The fraction of sp³-hybridized carbons (Fsp3) is 0.636. The highest BCUT2D eigenvalue weighted by atomic mass is 32.1. The van der Waals surface area contributed by atoms with E-state index in [1.54, 1.807) is 11.3 Å². The minimum Gasteiger partial charge on any atom is -0.394 e. The minimum atomic E-state index is 0.161. The fourth-order valence-corrected chi connectivity index (χ4v) is 3.03. The molecule has 1 atom stereocenters. The third kappa shape index (κ3) is 2.39. The number of aryl methyl sites for hydroxylation is 1. The van der Waals surface area contributed by atoms with E-state index in [4.69, 9.17) is 4.74 Å². The van der Waals surface area contributed by atoms with E-state index in [-0.39, 0.29) is 12.6 Å². The van der Waals surface area contributed by atoms with Crippen LogP contribution in [0.1, 0.15) is 16.5 Å². The Morgan fingerprint density at radius 3 is 2.80 bits per heavy atom. The van der Waals surface area contributed by atoms with Crippen LogP contribution in [0.4, 0.5) is 0 Å². The van der Waals surface area contributed by atoms with Gasteiger partial charge in [0.1, 0.15) is 0 Å². The van der Waals surface area contributed by atoms with Gasteiger partial charge in [0.25, 0.3) is 0 Å². The molecule has 1 aliphatic rings. The number of aliphatic hydroxyl groups excluding tert-OH is 1. The zero-order chi connectivity index (χ0) is 10.7. The number of thiophene rings is 1. The summed E-state index contributed by atoms with van der Waals surface area (Å²) in [5.41, 5.74) is 1.28. The van der Waals surface area contributed by atoms with Crippen molar-refractivity contribution >= 4 is 11.3 Å². The Morgan fingerprint density at radius 1 is 1.53 bits per heavy atom. The predicted molar refractivity (Wildman–Crippen MR) is 61.3 cm³/mol. The topological polar surface area (TPSA) is 32.7 Å². The first-order chi connectivity index (χ1) is 7.33. The van der Waals surface area contributed by atoms with E-state index in [2.05, 4.69) is 23.3 Å². The van der Waals surface area contributed by atoms with Crippen molar-refractivity contribution in [3.63, 3.8) is 0 Å². The second-order valence-electron chi connectivity index (χ2n) is 3.81. The Labute approximate surface area is 94.3 Å². The Morgan fingerprint density at radius 2 is 2.27 bits per heavy atom. The lowest BCUT2D eigenvalue weighted by atomic mass is 10.1. The lowest BCUT2D eigenvalue weighted by Crippen LogP contribution is -2.40. The standard InChI is InChI=1S/C11H17NO2S/c1-9-2-7-15-11(9)10(8-13)12-3-5-14-6-4-12/h2,7,10,13H,3-6,8H2,1H3. The van der Waals surface area contributed by atoms with Crippen LogP contribution in [-0.2, 0) is 4.74 Å². The van der Waals surface area contributed by atoms with E-state index in [1.165, 1.54) is 10.4 Å². The summed E-state index contributed by atoms with van der Waals surface area (Å²) in [5.74, 6) is 0. The van der Waals surface area contributed by atoms with Crippen molar-refractivity contribution in [2.24, 2.45) is 0 Å². The molecule has 0 bridgehead atoms. The van der Waals surface area contributed by atoms with E-state index < -0.39 is 0 Å². The van der Waals surface area contributed by atoms with Gasteiger partial charge in [-0.25, -0.2) is 0 Å². The van der Waals surface area contributed by atoms with Gasteiger partial charge in [0.2, 0.25) is 0 Å². The highest BCUT2D eigenvalue weighted by Crippen LogP contribution is 2.28. The van der Waals surface area contributed by atoms with Gasteiger partial charge < -0.3 is 9.84 Å². The van der Waals surface area contributed by atoms with E-state index in [9.17, 15) is 5.11 Å². The van der Waals surface area contributed by atoms with Crippen LogP contribution in [0.3, 0.4) is 0 Å². The summed E-state index contributed by atoms with van der Waals surface area (Å²) in [6, 6.07) is 2.28. The molecule has 15 heavy (non-hydrogen) atoms. The van der Waals surface area contributed by atoms with Crippen molar-refractivity contribution in [1.82, 2.24) is 4.90 Å².